The zero-order valence-corrected chi connectivity index (χ0v) is 9.38. The minimum atomic E-state index is -0.411. The van der Waals surface area contributed by atoms with Crippen molar-refractivity contribution in [1.29, 1.82) is 0 Å². The molecule has 0 aromatic carbocycles. The molecule has 0 atom stereocenters. The molecule has 1 aromatic rings. The third-order valence-corrected chi connectivity index (χ3v) is 1.90. The molecule has 1 aromatic heterocycles. The molecule has 0 radical (unpaired) electrons. The van der Waals surface area contributed by atoms with Crippen LogP contribution in [-0.2, 0) is 4.79 Å². The molecule has 0 saturated heterocycles. The molecule has 9 heteroatoms. The maximum absolute atomic E-state index is 11.3. The van der Waals surface area contributed by atoms with Crippen LogP contribution in [0.4, 0.5) is 17.5 Å². The van der Waals surface area contributed by atoms with Crippen molar-refractivity contribution < 1.29 is 15.0 Å². The van der Waals surface area contributed by atoms with E-state index in [1.165, 1.54) is 0 Å². The van der Waals surface area contributed by atoms with Crippen LogP contribution in [0.15, 0.2) is 9.79 Å². The number of nitrogen functional groups attached to an aromatic ring is 1. The van der Waals surface area contributed by atoms with Crippen molar-refractivity contribution in [3.05, 3.63) is 10.4 Å². The molecule has 18 heavy (non-hydrogen) atoms. The van der Waals surface area contributed by atoms with Crippen LogP contribution in [-0.4, -0.2) is 51.9 Å². The maximum Gasteiger partial charge on any atom is 0.280 e. The number of aliphatic hydroxyl groups is 2. The lowest BCUT2D eigenvalue weighted by atomic mass is 10.3. The number of aldehydes is 1. The molecule has 2 rings (SSSR count). The number of aliphatic hydroxyl groups excluding tert-OH is 2. The number of hydrogen-bond donors (Lipinski definition) is 5. The highest BCUT2D eigenvalue weighted by atomic mass is 16.3. The average Bonchev–Trinajstić information content (AvgIpc) is 2.38. The fourth-order valence-electron chi connectivity index (χ4n) is 1.19. The van der Waals surface area contributed by atoms with E-state index in [-0.39, 0.29) is 24.8 Å². The first kappa shape index (κ1) is 13.8. The molecule has 6 N–H and O–H groups in total. The number of fused-ring (bicyclic) bond motifs is 1. The van der Waals surface area contributed by atoms with Gasteiger partial charge in [-0.15, -0.1) is 0 Å². The van der Waals surface area contributed by atoms with E-state index in [9.17, 15) is 4.79 Å². The molecule has 0 saturated carbocycles. The molecule has 0 spiro atoms. The van der Waals surface area contributed by atoms with Crippen molar-refractivity contribution in [1.82, 2.24) is 9.97 Å². The van der Waals surface area contributed by atoms with Crippen molar-refractivity contribution in [3.8, 4) is 0 Å². The summed E-state index contributed by atoms with van der Waals surface area (Å²) < 4.78 is 0. The van der Waals surface area contributed by atoms with E-state index >= 15 is 0 Å². The lowest BCUT2D eigenvalue weighted by Crippen LogP contribution is -2.25. The summed E-state index contributed by atoms with van der Waals surface area (Å²) in [7, 11) is 0. The van der Waals surface area contributed by atoms with Crippen LogP contribution in [0.25, 0.3) is 0 Å². The number of carbonyl (C=O) groups excluding carboxylic acids is 1. The van der Waals surface area contributed by atoms with Gasteiger partial charge in [-0.05, 0) is 0 Å². The predicted octanol–water partition coefficient (Wildman–Crippen LogP) is -1.98. The summed E-state index contributed by atoms with van der Waals surface area (Å²) >= 11 is 0. The standard InChI is InChI=1S/C7H9N5O2.C2H4O2/c8-7-11-5-4(6(14)12-7)10-3(2-13)1-9-5;3-1-2-4/h13H,1-2H2,(H4,8,9,11,12,14);1,4H,2H2. The van der Waals surface area contributed by atoms with Gasteiger partial charge >= 0.3 is 0 Å². The van der Waals surface area contributed by atoms with Crippen LogP contribution in [0.3, 0.4) is 0 Å². The van der Waals surface area contributed by atoms with Crippen LogP contribution < -0.4 is 16.6 Å². The Hall–Kier alpha value is -2.26. The summed E-state index contributed by atoms with van der Waals surface area (Å²) in [6.07, 6.45) is 0.431. The Labute approximate surface area is 101 Å². The van der Waals surface area contributed by atoms with Gasteiger partial charge in [0.05, 0.1) is 25.5 Å². The monoisotopic (exact) mass is 255 g/mol. The Kier molecular flexibility index (Phi) is 4.96. The number of carbonyl (C=O) groups is 1. The van der Waals surface area contributed by atoms with Gasteiger partial charge in [-0.25, -0.2) is 4.99 Å². The first-order valence-electron chi connectivity index (χ1n) is 4.97. The first-order chi connectivity index (χ1) is 8.62. The van der Waals surface area contributed by atoms with Crippen LogP contribution in [0, 0.1) is 0 Å². The quantitative estimate of drug-likeness (QED) is 0.383. The molecule has 0 fully saturated rings. The Morgan fingerprint density at radius 1 is 1.44 bits per heavy atom. The van der Waals surface area contributed by atoms with Crippen LogP contribution in [0.2, 0.25) is 0 Å². The number of hydrogen-bond acceptors (Lipinski definition) is 8. The highest BCUT2D eigenvalue weighted by Crippen LogP contribution is 2.20. The van der Waals surface area contributed by atoms with Gasteiger partial charge in [0.15, 0.2) is 11.5 Å². The van der Waals surface area contributed by atoms with Crippen LogP contribution >= 0.6 is 0 Å². The van der Waals surface area contributed by atoms with Gasteiger partial charge in [0.2, 0.25) is 5.95 Å². The highest BCUT2D eigenvalue weighted by molar-refractivity contribution is 5.95. The number of aromatic amines is 1. The summed E-state index contributed by atoms with van der Waals surface area (Å²) in [4.78, 5) is 30.4. The third kappa shape index (κ3) is 3.37. The Morgan fingerprint density at radius 3 is 2.67 bits per heavy atom. The second kappa shape index (κ2) is 6.47. The number of H-pyrrole nitrogens is 1. The minimum absolute atomic E-state index is 0.0453. The molecule has 0 amide bonds. The lowest BCUT2D eigenvalue weighted by Gasteiger charge is -2.14. The van der Waals surface area contributed by atoms with Crippen molar-refractivity contribution >= 4 is 29.5 Å². The number of aromatic nitrogens is 2. The van der Waals surface area contributed by atoms with Crippen molar-refractivity contribution in [2.75, 3.05) is 30.8 Å². The average molecular weight is 255 g/mol. The number of anilines is 2. The van der Waals surface area contributed by atoms with E-state index < -0.39 is 5.56 Å². The van der Waals surface area contributed by atoms with Gasteiger partial charge in [-0.1, -0.05) is 0 Å². The smallest absolute Gasteiger partial charge is 0.280 e. The largest absolute Gasteiger partial charge is 0.390 e. The first-order valence-corrected chi connectivity index (χ1v) is 4.97. The van der Waals surface area contributed by atoms with E-state index in [1.54, 1.807) is 0 Å². The highest BCUT2D eigenvalue weighted by Gasteiger charge is 2.15. The van der Waals surface area contributed by atoms with E-state index in [4.69, 9.17) is 20.7 Å². The summed E-state index contributed by atoms with van der Waals surface area (Å²) in [5, 5.41) is 19.2. The molecule has 0 aliphatic carbocycles. The number of aliphatic imine (C=N–C) groups is 1. The Morgan fingerprint density at radius 2 is 2.11 bits per heavy atom. The van der Waals surface area contributed by atoms with Crippen molar-refractivity contribution in [2.24, 2.45) is 4.99 Å². The van der Waals surface area contributed by atoms with E-state index in [1.807, 2.05) is 0 Å². The Balaban J connectivity index is 0.000000357. The molecule has 1 aliphatic rings. The minimum Gasteiger partial charge on any atom is -0.390 e. The van der Waals surface area contributed by atoms with Gasteiger partial charge in [-0.3, -0.25) is 9.78 Å². The number of nitrogens with two attached hydrogens (primary N) is 1. The lowest BCUT2D eigenvalue weighted by molar-refractivity contribution is -0.110. The summed E-state index contributed by atoms with van der Waals surface area (Å²) in [6, 6.07) is 0. The SMILES string of the molecule is Nc1nc2c(c(=O)[nH]1)N=C(CO)CN2.O=CCO. The molecule has 9 nitrogen and oxygen atoms in total. The van der Waals surface area contributed by atoms with Crippen molar-refractivity contribution in [2.45, 2.75) is 0 Å². The topological polar surface area (TPSA) is 154 Å². The van der Waals surface area contributed by atoms with Gasteiger partial charge in [0, 0.05) is 0 Å². The maximum atomic E-state index is 11.3. The third-order valence-electron chi connectivity index (χ3n) is 1.90. The molecule has 98 valence electrons. The molecule has 2 heterocycles. The van der Waals surface area contributed by atoms with Crippen LogP contribution in [0.1, 0.15) is 0 Å². The normalized spacial score (nSPS) is 12.4. The van der Waals surface area contributed by atoms with E-state index in [0.29, 0.717) is 24.4 Å². The zero-order valence-electron chi connectivity index (χ0n) is 9.38. The second-order valence-electron chi connectivity index (χ2n) is 3.19. The Bertz CT molecular complexity index is 510. The molecular weight excluding hydrogens is 242 g/mol. The van der Waals surface area contributed by atoms with Crippen LogP contribution in [0.5, 0.6) is 0 Å². The zero-order chi connectivity index (χ0) is 13.5. The number of nitrogens with zero attached hydrogens (tertiary/aromatic N) is 2. The van der Waals surface area contributed by atoms with Gasteiger partial charge in [-0.2, -0.15) is 4.98 Å². The molecular formula is C9H13N5O4. The fourth-order valence-corrected chi connectivity index (χ4v) is 1.19. The van der Waals surface area contributed by atoms with E-state index in [0.717, 1.165) is 0 Å². The molecule has 0 unspecified atom stereocenters. The van der Waals surface area contributed by atoms with Crippen molar-refractivity contribution in [3.63, 3.8) is 0 Å². The van der Waals surface area contributed by atoms with Gasteiger partial charge in [0.25, 0.3) is 5.56 Å². The summed E-state index contributed by atoms with van der Waals surface area (Å²) in [5.74, 6) is 0.396. The summed E-state index contributed by atoms with van der Waals surface area (Å²) in [5.41, 5.74) is 5.59. The number of nitrogens with one attached hydrogen (secondary N) is 2. The van der Waals surface area contributed by atoms with E-state index in [2.05, 4.69) is 20.3 Å². The van der Waals surface area contributed by atoms with Gasteiger partial charge < -0.3 is 26.1 Å². The second-order valence-corrected chi connectivity index (χ2v) is 3.19. The van der Waals surface area contributed by atoms with Gasteiger partial charge in [0.1, 0.15) is 6.29 Å². The fraction of sp³-hybridized carbons (Fsp3) is 0.333. The summed E-state index contributed by atoms with van der Waals surface area (Å²) in [6.45, 7) is -0.171. The number of rotatable bonds is 2. The molecule has 1 aliphatic heterocycles. The molecule has 0 bridgehead atoms. The predicted molar refractivity (Wildman–Crippen MR) is 65.1 cm³/mol.